The van der Waals surface area contributed by atoms with Crippen molar-refractivity contribution in [2.24, 2.45) is 0 Å². The van der Waals surface area contributed by atoms with Gasteiger partial charge in [-0.25, -0.2) is 4.39 Å². The van der Waals surface area contributed by atoms with E-state index >= 15 is 0 Å². The predicted molar refractivity (Wildman–Crippen MR) is 127 cm³/mol. The Bertz CT molecular complexity index is 930. The van der Waals surface area contributed by atoms with Crippen molar-refractivity contribution in [1.82, 2.24) is 0 Å². The Balaban J connectivity index is 0.000000687. The zero-order valence-electron chi connectivity index (χ0n) is 17.9. The third-order valence-electron chi connectivity index (χ3n) is 4.85. The van der Waals surface area contributed by atoms with E-state index in [1.54, 1.807) is 11.9 Å². The van der Waals surface area contributed by atoms with Gasteiger partial charge in [0.25, 0.3) is 0 Å². The van der Waals surface area contributed by atoms with E-state index in [0.29, 0.717) is 12.4 Å². The maximum absolute atomic E-state index is 13.7. The summed E-state index contributed by atoms with van der Waals surface area (Å²) < 4.78 is 22.8. The van der Waals surface area contributed by atoms with Crippen LogP contribution in [0, 0.1) is 5.82 Å². The van der Waals surface area contributed by atoms with Gasteiger partial charge in [-0.05, 0) is 79.3 Å². The molecule has 3 rings (SSSR count). The van der Waals surface area contributed by atoms with E-state index in [4.69, 9.17) is 4.74 Å². The second kappa shape index (κ2) is 10.9. The number of ether oxygens (including phenoxy) is 1. The second-order valence-electron chi connectivity index (χ2n) is 6.92. The fourth-order valence-electron chi connectivity index (χ4n) is 3.09. The summed E-state index contributed by atoms with van der Waals surface area (Å²) in [6.45, 7) is 12.3. The van der Waals surface area contributed by atoms with Crippen molar-refractivity contribution in [3.63, 3.8) is 0 Å². The van der Waals surface area contributed by atoms with Crippen LogP contribution in [0.15, 0.2) is 66.3 Å². The van der Waals surface area contributed by atoms with Crippen molar-refractivity contribution in [2.45, 2.75) is 34.1 Å². The lowest BCUT2D eigenvalue weighted by atomic mass is 9.89. The first-order chi connectivity index (χ1) is 13.9. The van der Waals surface area contributed by atoms with Crippen LogP contribution in [-0.2, 0) is 0 Å². The fraction of sp³-hybridized carbons (Fsp3) is 0.280. The molecule has 2 nitrogen and oxygen atoms in total. The molecule has 29 heavy (non-hydrogen) atoms. The number of anilines is 1. The van der Waals surface area contributed by atoms with Crippen molar-refractivity contribution in [3.05, 3.63) is 83.2 Å². The van der Waals surface area contributed by atoms with Crippen LogP contribution in [0.4, 0.5) is 10.1 Å². The first kappa shape index (κ1) is 22.8. The molecule has 1 aliphatic rings. The molecule has 0 bridgehead atoms. The summed E-state index contributed by atoms with van der Waals surface area (Å²) in [6, 6.07) is 13.1. The number of rotatable bonds is 4. The van der Waals surface area contributed by atoms with E-state index in [2.05, 4.69) is 51.1 Å². The molecule has 1 heterocycles. The van der Waals surface area contributed by atoms with E-state index < -0.39 is 0 Å². The lowest BCUT2D eigenvalue weighted by Gasteiger charge is -2.16. The van der Waals surface area contributed by atoms with Gasteiger partial charge in [-0.1, -0.05) is 37.1 Å². The van der Waals surface area contributed by atoms with Crippen LogP contribution in [0.1, 0.15) is 45.2 Å². The predicted octanol–water partition coefficient (Wildman–Crippen LogP) is 7.76. The zero-order valence-corrected chi connectivity index (χ0v) is 18.8. The largest absolute Gasteiger partial charge is 0.488 e. The third-order valence-corrected chi connectivity index (χ3v) is 5.29. The van der Waals surface area contributed by atoms with Gasteiger partial charge in [0.2, 0.25) is 0 Å². The molecule has 154 valence electrons. The number of hydrogen-bond donors (Lipinski definition) is 1. The van der Waals surface area contributed by atoms with Gasteiger partial charge in [0, 0.05) is 23.6 Å². The molecule has 0 saturated heterocycles. The van der Waals surface area contributed by atoms with Crippen LogP contribution >= 0.6 is 11.9 Å². The average molecular weight is 412 g/mol. The summed E-state index contributed by atoms with van der Waals surface area (Å²) in [4.78, 5) is 0. The van der Waals surface area contributed by atoms with Crippen molar-refractivity contribution < 1.29 is 9.13 Å². The summed E-state index contributed by atoms with van der Waals surface area (Å²) in [5, 5.41) is 0. The van der Waals surface area contributed by atoms with Crippen molar-refractivity contribution >= 4 is 28.8 Å². The smallest absolute Gasteiger partial charge is 0.130 e. The molecule has 2 aromatic rings. The van der Waals surface area contributed by atoms with E-state index in [1.807, 2.05) is 30.5 Å². The van der Waals surface area contributed by atoms with Crippen molar-refractivity contribution in [2.75, 3.05) is 17.6 Å². The number of hydrogen-bond acceptors (Lipinski definition) is 3. The van der Waals surface area contributed by atoms with Gasteiger partial charge in [-0.2, -0.15) is 0 Å². The Kier molecular flexibility index (Phi) is 8.59. The Hall–Kier alpha value is -2.46. The van der Waals surface area contributed by atoms with Gasteiger partial charge < -0.3 is 9.46 Å². The molecule has 0 radical (unpaired) electrons. The van der Waals surface area contributed by atoms with Gasteiger partial charge in [-0.3, -0.25) is 0 Å². The SMILES string of the molecule is C=CCC.CSNc1cccc(/C(C)=C2\C(C)=C(C)COc3cc(F)ccc32)c1. The van der Waals surface area contributed by atoms with E-state index in [1.165, 1.54) is 17.7 Å². The molecule has 0 amide bonds. The van der Waals surface area contributed by atoms with Crippen LogP contribution in [0.25, 0.3) is 11.1 Å². The average Bonchev–Trinajstić information content (AvgIpc) is 2.85. The molecular formula is C25H30FNOS. The van der Waals surface area contributed by atoms with Crippen LogP contribution in [0.3, 0.4) is 0 Å². The summed E-state index contributed by atoms with van der Waals surface area (Å²) in [5.74, 6) is 0.322. The molecule has 0 aliphatic carbocycles. The maximum atomic E-state index is 13.7. The van der Waals surface area contributed by atoms with E-state index in [0.717, 1.165) is 40.0 Å². The zero-order chi connectivity index (χ0) is 21.4. The fourth-order valence-corrected chi connectivity index (χ4v) is 3.46. The van der Waals surface area contributed by atoms with Gasteiger partial charge in [0.05, 0.1) is 0 Å². The number of fused-ring (bicyclic) bond motifs is 1. The number of benzene rings is 2. The quantitative estimate of drug-likeness (QED) is 0.410. The number of halogens is 1. The molecule has 1 N–H and O–H groups in total. The van der Waals surface area contributed by atoms with Crippen LogP contribution in [0.5, 0.6) is 5.75 Å². The minimum Gasteiger partial charge on any atom is -0.488 e. The Morgan fingerprint density at radius 1 is 1.24 bits per heavy atom. The number of nitrogens with one attached hydrogen (secondary N) is 1. The van der Waals surface area contributed by atoms with Gasteiger partial charge in [0.15, 0.2) is 0 Å². The second-order valence-corrected chi connectivity index (χ2v) is 7.53. The summed E-state index contributed by atoms with van der Waals surface area (Å²) in [5.41, 5.74) is 7.75. The van der Waals surface area contributed by atoms with E-state index in [9.17, 15) is 4.39 Å². The maximum Gasteiger partial charge on any atom is 0.130 e. The topological polar surface area (TPSA) is 21.3 Å². The molecule has 0 spiro atoms. The number of allylic oxidation sites excluding steroid dienone is 4. The molecule has 4 heteroatoms. The van der Waals surface area contributed by atoms with Gasteiger partial charge in [-0.15, -0.1) is 6.58 Å². The first-order valence-electron chi connectivity index (χ1n) is 9.73. The highest BCUT2D eigenvalue weighted by Crippen LogP contribution is 2.40. The molecule has 0 aromatic heterocycles. The Morgan fingerprint density at radius 2 is 1.97 bits per heavy atom. The summed E-state index contributed by atoms with van der Waals surface area (Å²) in [7, 11) is 0. The Labute approximate surface area is 178 Å². The Morgan fingerprint density at radius 3 is 2.62 bits per heavy atom. The molecule has 0 saturated carbocycles. The van der Waals surface area contributed by atoms with Crippen molar-refractivity contribution in [1.29, 1.82) is 0 Å². The highest BCUT2D eigenvalue weighted by molar-refractivity contribution is 7.99. The van der Waals surface area contributed by atoms with Gasteiger partial charge >= 0.3 is 0 Å². The van der Waals surface area contributed by atoms with Crippen molar-refractivity contribution in [3.8, 4) is 5.75 Å². The minimum absolute atomic E-state index is 0.279. The highest BCUT2D eigenvalue weighted by Gasteiger charge is 2.20. The lowest BCUT2D eigenvalue weighted by Crippen LogP contribution is -1.98. The molecule has 2 aromatic carbocycles. The third kappa shape index (κ3) is 5.77. The van der Waals surface area contributed by atoms with Crippen LogP contribution in [-0.4, -0.2) is 12.9 Å². The highest BCUT2D eigenvalue weighted by atomic mass is 32.2. The molecule has 1 aliphatic heterocycles. The first-order valence-corrected chi connectivity index (χ1v) is 11.0. The normalized spacial score (nSPS) is 14.7. The standard InChI is InChI=1S/C21H22FNOS.C4H8/c1-13-12-24-20-11-17(22)8-9-19(20)21(14(13)2)15(3)16-6-5-7-18(10-16)23-25-4;1-3-4-2/h5-11,23H,12H2,1-4H3;3H,1,4H2,2H3/b21-15+;. The summed E-state index contributed by atoms with van der Waals surface area (Å²) in [6.07, 6.45) is 4.96. The molecular weight excluding hydrogens is 381 g/mol. The minimum atomic E-state index is -0.279. The van der Waals surface area contributed by atoms with Gasteiger partial charge in [0.1, 0.15) is 18.2 Å². The van der Waals surface area contributed by atoms with E-state index in [-0.39, 0.29) is 5.82 Å². The lowest BCUT2D eigenvalue weighted by molar-refractivity contribution is 0.350. The van der Waals surface area contributed by atoms with Crippen LogP contribution < -0.4 is 9.46 Å². The molecule has 0 fully saturated rings. The molecule has 0 unspecified atom stereocenters. The molecule has 0 atom stereocenters. The van der Waals surface area contributed by atoms with Crippen LogP contribution in [0.2, 0.25) is 0 Å². The summed E-state index contributed by atoms with van der Waals surface area (Å²) >= 11 is 1.57. The monoisotopic (exact) mass is 411 g/mol.